The van der Waals surface area contributed by atoms with Crippen molar-refractivity contribution in [3.63, 3.8) is 0 Å². The molecule has 0 bridgehead atoms. The molecule has 0 aliphatic rings. The zero-order valence-corrected chi connectivity index (χ0v) is 18.1. The number of benzene rings is 1. The summed E-state index contributed by atoms with van der Waals surface area (Å²) in [5, 5.41) is 8.29. The van der Waals surface area contributed by atoms with E-state index < -0.39 is 0 Å². The van der Waals surface area contributed by atoms with Crippen molar-refractivity contribution < 1.29 is 8.81 Å². The third-order valence-electron chi connectivity index (χ3n) is 3.99. The van der Waals surface area contributed by atoms with Crippen molar-refractivity contribution in [2.75, 3.05) is 7.05 Å². The molecule has 2 N–H and O–H groups in total. The normalized spacial score (nSPS) is 11.5. The van der Waals surface area contributed by atoms with Crippen LogP contribution in [0.3, 0.4) is 0 Å². The third kappa shape index (κ3) is 4.73. The number of fused-ring (bicyclic) bond motifs is 1. The average molecular weight is 488 g/mol. The monoisotopic (exact) mass is 488 g/mol. The Morgan fingerprint density at radius 3 is 2.77 bits per heavy atom. The van der Waals surface area contributed by atoms with Gasteiger partial charge in [-0.05, 0) is 31.5 Å². The van der Waals surface area contributed by atoms with Crippen LogP contribution in [0, 0.1) is 12.7 Å². The minimum Gasteiger partial charge on any atom is -0.459 e. The van der Waals surface area contributed by atoms with Crippen molar-refractivity contribution in [3.05, 3.63) is 51.4 Å². The number of guanidine groups is 1. The van der Waals surface area contributed by atoms with Crippen molar-refractivity contribution in [2.45, 2.75) is 33.4 Å². The molecule has 1 aromatic carbocycles. The van der Waals surface area contributed by atoms with Crippen LogP contribution in [0.1, 0.15) is 28.1 Å². The molecule has 26 heavy (non-hydrogen) atoms. The molecule has 140 valence electrons. The highest BCUT2D eigenvalue weighted by molar-refractivity contribution is 14.0. The Balaban J connectivity index is 0.00000243. The molecule has 8 heteroatoms. The first kappa shape index (κ1) is 20.6. The van der Waals surface area contributed by atoms with Gasteiger partial charge in [0.15, 0.2) is 5.96 Å². The van der Waals surface area contributed by atoms with E-state index in [0.29, 0.717) is 24.6 Å². The summed E-state index contributed by atoms with van der Waals surface area (Å²) < 4.78 is 19.2. The third-order valence-corrected chi connectivity index (χ3v) is 5.14. The summed E-state index contributed by atoms with van der Waals surface area (Å²) in [4.78, 5) is 9.86. The number of aliphatic imine (C=N–C) groups is 1. The number of rotatable bonds is 5. The van der Waals surface area contributed by atoms with Crippen LogP contribution in [0.25, 0.3) is 11.0 Å². The van der Waals surface area contributed by atoms with Crippen molar-refractivity contribution >= 4 is 52.2 Å². The number of thiazole rings is 1. The Labute approximate surface area is 173 Å². The molecule has 0 saturated heterocycles. The second-order valence-electron chi connectivity index (χ2n) is 5.64. The van der Waals surface area contributed by atoms with Gasteiger partial charge in [0.05, 0.1) is 13.1 Å². The maximum Gasteiger partial charge on any atom is 0.191 e. The lowest BCUT2D eigenvalue weighted by molar-refractivity contribution is 0.534. The number of nitrogens with zero attached hydrogens (tertiary/aromatic N) is 2. The fourth-order valence-corrected chi connectivity index (χ4v) is 3.35. The van der Waals surface area contributed by atoms with E-state index in [1.807, 2.05) is 13.1 Å². The van der Waals surface area contributed by atoms with Gasteiger partial charge in [0.25, 0.3) is 0 Å². The zero-order chi connectivity index (χ0) is 17.8. The molecule has 0 aliphatic carbocycles. The highest BCUT2D eigenvalue weighted by atomic mass is 127. The largest absolute Gasteiger partial charge is 0.459 e. The maximum atomic E-state index is 13.4. The predicted molar refractivity (Wildman–Crippen MR) is 115 cm³/mol. The first-order valence-corrected chi connectivity index (χ1v) is 8.98. The molecule has 2 aromatic heterocycles. The van der Waals surface area contributed by atoms with Crippen LogP contribution in [-0.2, 0) is 19.5 Å². The van der Waals surface area contributed by atoms with E-state index >= 15 is 0 Å². The summed E-state index contributed by atoms with van der Waals surface area (Å²) >= 11 is 1.70. The lowest BCUT2D eigenvalue weighted by Crippen LogP contribution is -2.36. The zero-order valence-electron chi connectivity index (χ0n) is 14.9. The van der Waals surface area contributed by atoms with Crippen LogP contribution < -0.4 is 10.6 Å². The van der Waals surface area contributed by atoms with Gasteiger partial charge in [-0.15, -0.1) is 35.3 Å². The summed E-state index contributed by atoms with van der Waals surface area (Å²) in [6.45, 7) is 5.14. The minimum atomic E-state index is -0.261. The van der Waals surface area contributed by atoms with Crippen LogP contribution >= 0.6 is 35.3 Å². The first-order valence-electron chi connectivity index (χ1n) is 8.16. The maximum absolute atomic E-state index is 13.4. The molecular weight excluding hydrogens is 466 g/mol. The Kier molecular flexibility index (Phi) is 7.39. The molecule has 0 saturated carbocycles. The molecule has 0 amide bonds. The molecule has 0 fully saturated rings. The van der Waals surface area contributed by atoms with Crippen molar-refractivity contribution in [1.82, 2.24) is 15.6 Å². The van der Waals surface area contributed by atoms with Crippen molar-refractivity contribution in [1.29, 1.82) is 0 Å². The van der Waals surface area contributed by atoms with Gasteiger partial charge in [-0.1, -0.05) is 6.92 Å². The number of aromatic nitrogens is 1. The summed E-state index contributed by atoms with van der Waals surface area (Å²) in [5.74, 6) is 1.17. The SMILES string of the molecule is CCc1cnc(CNC(=NC)NCc2oc3ccc(F)cc3c2C)s1.I. The number of hydrogen-bond acceptors (Lipinski definition) is 4. The Bertz CT molecular complexity index is 906. The summed E-state index contributed by atoms with van der Waals surface area (Å²) in [6, 6.07) is 4.56. The first-order chi connectivity index (χ1) is 12.1. The fraction of sp³-hybridized carbons (Fsp3) is 0.333. The molecule has 3 aromatic rings. The van der Waals surface area contributed by atoms with Gasteiger partial charge in [0, 0.05) is 29.1 Å². The molecule has 0 radical (unpaired) electrons. The van der Waals surface area contributed by atoms with Crippen molar-refractivity contribution in [3.8, 4) is 0 Å². The highest BCUT2D eigenvalue weighted by Crippen LogP contribution is 2.25. The topological polar surface area (TPSA) is 62.5 Å². The minimum absolute atomic E-state index is 0. The van der Waals surface area contributed by atoms with Gasteiger partial charge in [-0.2, -0.15) is 0 Å². The number of nitrogens with one attached hydrogen (secondary N) is 2. The van der Waals surface area contributed by atoms with Gasteiger partial charge in [0.1, 0.15) is 22.2 Å². The van der Waals surface area contributed by atoms with Crippen molar-refractivity contribution in [2.24, 2.45) is 4.99 Å². The van der Waals surface area contributed by atoms with Gasteiger partial charge in [0.2, 0.25) is 0 Å². The van der Waals surface area contributed by atoms with E-state index in [9.17, 15) is 4.39 Å². The Morgan fingerprint density at radius 1 is 1.31 bits per heavy atom. The molecule has 3 rings (SSSR count). The van der Waals surface area contributed by atoms with Gasteiger partial charge in [-0.25, -0.2) is 9.37 Å². The molecular formula is C18H22FIN4OS. The average Bonchev–Trinajstić information content (AvgIpc) is 3.20. The van der Waals surface area contributed by atoms with Gasteiger partial charge >= 0.3 is 0 Å². The lowest BCUT2D eigenvalue weighted by atomic mass is 10.1. The highest BCUT2D eigenvalue weighted by Gasteiger charge is 2.12. The molecule has 0 aliphatic heterocycles. The second kappa shape index (κ2) is 9.31. The smallest absolute Gasteiger partial charge is 0.191 e. The van der Waals surface area contributed by atoms with Crippen LogP contribution in [0.15, 0.2) is 33.8 Å². The molecule has 0 atom stereocenters. The van der Waals surface area contributed by atoms with E-state index in [0.717, 1.165) is 28.1 Å². The number of furan rings is 1. The summed E-state index contributed by atoms with van der Waals surface area (Å²) in [5.41, 5.74) is 1.62. The van der Waals surface area contributed by atoms with E-state index in [4.69, 9.17) is 4.42 Å². The molecule has 5 nitrogen and oxygen atoms in total. The number of halogens is 2. The van der Waals surface area contributed by atoms with E-state index in [1.54, 1.807) is 24.5 Å². The molecule has 2 heterocycles. The van der Waals surface area contributed by atoms with E-state index in [2.05, 4.69) is 27.5 Å². The van der Waals surface area contributed by atoms with Crippen LogP contribution in [0.4, 0.5) is 4.39 Å². The molecule has 0 spiro atoms. The Morgan fingerprint density at radius 2 is 2.08 bits per heavy atom. The van der Waals surface area contributed by atoms with Crippen LogP contribution in [-0.4, -0.2) is 18.0 Å². The van der Waals surface area contributed by atoms with Crippen LogP contribution in [0.5, 0.6) is 0 Å². The van der Waals surface area contributed by atoms with Crippen LogP contribution in [0.2, 0.25) is 0 Å². The van der Waals surface area contributed by atoms with Gasteiger partial charge < -0.3 is 15.1 Å². The number of aryl methyl sites for hydroxylation is 2. The number of hydrogen-bond donors (Lipinski definition) is 2. The summed E-state index contributed by atoms with van der Waals surface area (Å²) in [7, 11) is 1.72. The predicted octanol–water partition coefficient (Wildman–Crippen LogP) is 4.38. The fourth-order valence-electron chi connectivity index (χ4n) is 2.55. The summed E-state index contributed by atoms with van der Waals surface area (Å²) in [6.07, 6.45) is 2.91. The van der Waals surface area contributed by atoms with E-state index in [1.165, 1.54) is 17.0 Å². The second-order valence-corrected chi connectivity index (χ2v) is 6.84. The quantitative estimate of drug-likeness (QED) is 0.318. The Hall–Kier alpha value is -1.68. The van der Waals surface area contributed by atoms with E-state index in [-0.39, 0.29) is 29.8 Å². The standard InChI is InChI=1S/C18H21FN4OS.HI/c1-4-13-8-21-17(25-13)10-23-18(20-3)22-9-16-11(2)14-7-12(19)5-6-15(14)24-16;/h5-8H,4,9-10H2,1-3H3,(H2,20,22,23);1H. The molecule has 0 unspecified atom stereocenters. The van der Waals surface area contributed by atoms with Gasteiger partial charge in [-0.3, -0.25) is 4.99 Å². The lowest BCUT2D eigenvalue weighted by Gasteiger charge is -2.10.